The summed E-state index contributed by atoms with van der Waals surface area (Å²) in [5.41, 5.74) is 0. The molecule has 1 amide bonds. The Hall–Kier alpha value is -1.20. The SMILES string of the molecule is CC(Sc1ccccc1Cl)C(=O)N[C@@H](C)C(=O)O. The molecule has 1 unspecified atom stereocenters. The number of nitrogens with one attached hydrogen (secondary N) is 1. The molecule has 1 aromatic rings. The normalized spacial score (nSPS) is 13.7. The zero-order valence-electron chi connectivity index (χ0n) is 10.0. The number of carboxylic acid groups (broad SMARTS) is 1. The van der Waals surface area contributed by atoms with Gasteiger partial charge in [-0.2, -0.15) is 0 Å². The minimum atomic E-state index is -1.06. The van der Waals surface area contributed by atoms with Crippen molar-refractivity contribution in [1.82, 2.24) is 5.32 Å². The Morgan fingerprint density at radius 1 is 1.33 bits per heavy atom. The maximum Gasteiger partial charge on any atom is 0.325 e. The topological polar surface area (TPSA) is 66.4 Å². The van der Waals surface area contributed by atoms with Crippen LogP contribution in [0.15, 0.2) is 29.2 Å². The largest absolute Gasteiger partial charge is 0.480 e. The van der Waals surface area contributed by atoms with E-state index in [9.17, 15) is 9.59 Å². The van der Waals surface area contributed by atoms with Crippen molar-refractivity contribution >= 4 is 35.2 Å². The first-order valence-corrected chi connectivity index (χ1v) is 6.62. The van der Waals surface area contributed by atoms with Crippen LogP contribution in [0, 0.1) is 0 Å². The van der Waals surface area contributed by atoms with E-state index in [1.54, 1.807) is 13.0 Å². The van der Waals surface area contributed by atoms with Crippen LogP contribution < -0.4 is 5.32 Å². The Balaban J connectivity index is 2.60. The molecule has 0 fully saturated rings. The molecule has 2 atom stereocenters. The molecule has 6 heteroatoms. The van der Waals surface area contributed by atoms with Crippen LogP contribution in [0.3, 0.4) is 0 Å². The van der Waals surface area contributed by atoms with Crippen molar-refractivity contribution in [3.63, 3.8) is 0 Å². The minimum Gasteiger partial charge on any atom is -0.480 e. The van der Waals surface area contributed by atoms with Crippen LogP contribution >= 0.6 is 23.4 Å². The third-order valence-electron chi connectivity index (χ3n) is 2.24. The van der Waals surface area contributed by atoms with Gasteiger partial charge in [0, 0.05) is 4.90 Å². The number of hydrogen-bond acceptors (Lipinski definition) is 3. The summed E-state index contributed by atoms with van der Waals surface area (Å²) in [6.07, 6.45) is 0. The molecule has 0 saturated carbocycles. The molecule has 0 aliphatic carbocycles. The summed E-state index contributed by atoms with van der Waals surface area (Å²) in [6, 6.07) is 6.31. The first kappa shape index (κ1) is 14.9. The van der Waals surface area contributed by atoms with E-state index in [0.717, 1.165) is 4.90 Å². The van der Waals surface area contributed by atoms with Crippen molar-refractivity contribution in [3.05, 3.63) is 29.3 Å². The molecule has 2 N–H and O–H groups in total. The molecule has 1 aromatic carbocycles. The average molecular weight is 288 g/mol. The lowest BCUT2D eigenvalue weighted by Crippen LogP contribution is -2.42. The molecular formula is C12H14ClNO3S. The maximum atomic E-state index is 11.7. The summed E-state index contributed by atoms with van der Waals surface area (Å²) in [5, 5.41) is 11.3. The Bertz CT molecular complexity index is 453. The molecular weight excluding hydrogens is 274 g/mol. The average Bonchev–Trinajstić information content (AvgIpc) is 2.31. The first-order chi connectivity index (χ1) is 8.41. The molecule has 0 aliphatic heterocycles. The van der Waals surface area contributed by atoms with Crippen molar-refractivity contribution in [2.45, 2.75) is 30.0 Å². The second-order valence-electron chi connectivity index (χ2n) is 3.76. The summed E-state index contributed by atoms with van der Waals surface area (Å²) < 4.78 is 0. The van der Waals surface area contributed by atoms with E-state index in [4.69, 9.17) is 16.7 Å². The zero-order chi connectivity index (χ0) is 13.7. The molecule has 0 aliphatic rings. The van der Waals surface area contributed by atoms with Crippen LogP contribution in [0.1, 0.15) is 13.8 Å². The highest BCUT2D eigenvalue weighted by Gasteiger charge is 2.20. The number of hydrogen-bond donors (Lipinski definition) is 2. The van der Waals surface area contributed by atoms with Gasteiger partial charge in [-0.15, -0.1) is 11.8 Å². The first-order valence-electron chi connectivity index (χ1n) is 5.36. The van der Waals surface area contributed by atoms with Crippen molar-refractivity contribution in [2.75, 3.05) is 0 Å². The molecule has 0 heterocycles. The Morgan fingerprint density at radius 3 is 2.50 bits per heavy atom. The summed E-state index contributed by atoms with van der Waals surface area (Å²) in [7, 11) is 0. The Labute approximate surface area is 115 Å². The van der Waals surface area contributed by atoms with Crippen molar-refractivity contribution < 1.29 is 14.7 Å². The van der Waals surface area contributed by atoms with Gasteiger partial charge in [-0.1, -0.05) is 23.7 Å². The quantitative estimate of drug-likeness (QED) is 0.816. The second kappa shape index (κ2) is 6.66. The molecule has 98 valence electrons. The predicted molar refractivity (Wildman–Crippen MR) is 72.0 cm³/mol. The van der Waals surface area contributed by atoms with Gasteiger partial charge in [0.2, 0.25) is 5.91 Å². The molecule has 0 bridgehead atoms. The second-order valence-corrected chi connectivity index (χ2v) is 5.55. The highest BCUT2D eigenvalue weighted by Crippen LogP contribution is 2.29. The molecule has 0 radical (unpaired) electrons. The Kier molecular flexibility index (Phi) is 5.50. The van der Waals surface area contributed by atoms with Gasteiger partial charge in [0.1, 0.15) is 6.04 Å². The Morgan fingerprint density at radius 2 is 1.94 bits per heavy atom. The molecule has 0 aromatic heterocycles. The van der Waals surface area contributed by atoms with Crippen LogP contribution in [0.4, 0.5) is 0 Å². The number of benzene rings is 1. The van der Waals surface area contributed by atoms with Gasteiger partial charge in [-0.05, 0) is 26.0 Å². The number of amides is 1. The number of aliphatic carboxylic acids is 1. The zero-order valence-corrected chi connectivity index (χ0v) is 11.6. The summed E-state index contributed by atoms with van der Waals surface area (Å²) in [6.45, 7) is 3.13. The predicted octanol–water partition coefficient (Wildman–Crippen LogP) is 2.41. The van der Waals surface area contributed by atoms with Gasteiger partial charge in [-0.25, -0.2) is 0 Å². The van der Waals surface area contributed by atoms with Crippen LogP contribution in [-0.4, -0.2) is 28.3 Å². The highest BCUT2D eigenvalue weighted by atomic mass is 35.5. The summed E-state index contributed by atoms with van der Waals surface area (Å²) in [5.74, 6) is -1.38. The van der Waals surface area contributed by atoms with E-state index >= 15 is 0 Å². The molecule has 4 nitrogen and oxygen atoms in total. The lowest BCUT2D eigenvalue weighted by molar-refractivity contribution is -0.141. The minimum absolute atomic E-state index is 0.324. The van der Waals surface area contributed by atoms with E-state index in [0.29, 0.717) is 5.02 Å². The smallest absolute Gasteiger partial charge is 0.325 e. The van der Waals surface area contributed by atoms with Crippen LogP contribution in [0.25, 0.3) is 0 Å². The number of rotatable bonds is 5. The van der Waals surface area contributed by atoms with Crippen molar-refractivity contribution in [1.29, 1.82) is 0 Å². The fourth-order valence-corrected chi connectivity index (χ4v) is 2.34. The standard InChI is InChI=1S/C12H14ClNO3S/c1-7(12(16)17)14-11(15)8(2)18-10-6-4-3-5-9(10)13/h3-8H,1-2H3,(H,14,15)(H,16,17)/t7-,8?/m0/s1. The van der Waals surface area contributed by atoms with Crippen LogP contribution in [0.5, 0.6) is 0 Å². The third-order valence-corrected chi connectivity index (χ3v) is 3.86. The van der Waals surface area contributed by atoms with E-state index in [1.165, 1.54) is 18.7 Å². The number of carbonyl (C=O) groups excluding carboxylic acids is 1. The molecule has 0 saturated heterocycles. The lowest BCUT2D eigenvalue weighted by atomic mass is 10.3. The van der Waals surface area contributed by atoms with Crippen molar-refractivity contribution in [2.24, 2.45) is 0 Å². The molecule has 18 heavy (non-hydrogen) atoms. The summed E-state index contributed by atoms with van der Waals surface area (Å²) in [4.78, 5) is 23.2. The lowest BCUT2D eigenvalue weighted by Gasteiger charge is -2.14. The fourth-order valence-electron chi connectivity index (χ4n) is 1.18. The summed E-state index contributed by atoms with van der Waals surface area (Å²) >= 11 is 7.28. The van der Waals surface area contributed by atoms with E-state index < -0.39 is 17.3 Å². The molecule has 1 rings (SSSR count). The highest BCUT2D eigenvalue weighted by molar-refractivity contribution is 8.00. The fraction of sp³-hybridized carbons (Fsp3) is 0.333. The van der Waals surface area contributed by atoms with Gasteiger partial charge >= 0.3 is 5.97 Å². The third kappa shape index (κ3) is 4.23. The van der Waals surface area contributed by atoms with Crippen molar-refractivity contribution in [3.8, 4) is 0 Å². The number of carboxylic acids is 1. The number of thioether (sulfide) groups is 1. The van der Waals surface area contributed by atoms with Crippen LogP contribution in [0.2, 0.25) is 5.02 Å². The monoisotopic (exact) mass is 287 g/mol. The van der Waals surface area contributed by atoms with E-state index in [2.05, 4.69) is 5.32 Å². The number of halogens is 1. The van der Waals surface area contributed by atoms with Gasteiger partial charge in [0.05, 0.1) is 10.3 Å². The van der Waals surface area contributed by atoms with Crippen LogP contribution in [-0.2, 0) is 9.59 Å². The van der Waals surface area contributed by atoms with Gasteiger partial charge < -0.3 is 10.4 Å². The van der Waals surface area contributed by atoms with Gasteiger partial charge in [-0.3, -0.25) is 9.59 Å². The van der Waals surface area contributed by atoms with Gasteiger partial charge in [0.15, 0.2) is 0 Å². The van der Waals surface area contributed by atoms with E-state index in [-0.39, 0.29) is 5.91 Å². The van der Waals surface area contributed by atoms with E-state index in [1.807, 2.05) is 18.2 Å². The number of carbonyl (C=O) groups is 2. The van der Waals surface area contributed by atoms with Gasteiger partial charge in [0.25, 0.3) is 0 Å². The molecule has 0 spiro atoms. The maximum absolute atomic E-state index is 11.7.